The second-order valence-electron chi connectivity index (χ2n) is 2.51. The molecular formula is C9H13NO2. The van der Waals surface area contributed by atoms with Gasteiger partial charge in [-0.3, -0.25) is 0 Å². The van der Waals surface area contributed by atoms with E-state index in [4.69, 9.17) is 15.6 Å². The summed E-state index contributed by atoms with van der Waals surface area (Å²) in [4.78, 5) is 0. The molecule has 0 spiro atoms. The van der Waals surface area contributed by atoms with E-state index in [0.29, 0.717) is 0 Å². The van der Waals surface area contributed by atoms with Crippen LogP contribution in [0.15, 0.2) is 30.3 Å². The Morgan fingerprint density at radius 1 is 1.33 bits per heavy atom. The van der Waals surface area contributed by atoms with Crippen molar-refractivity contribution in [1.82, 2.24) is 0 Å². The number of hydrogen-bond donors (Lipinski definition) is 2. The molecule has 0 bridgehead atoms. The Bertz CT molecular complexity index is 213. The van der Waals surface area contributed by atoms with Crippen LogP contribution in [0.3, 0.4) is 0 Å². The van der Waals surface area contributed by atoms with Gasteiger partial charge in [0.25, 0.3) is 0 Å². The van der Waals surface area contributed by atoms with Crippen LogP contribution in [0.4, 0.5) is 0 Å². The second-order valence-corrected chi connectivity index (χ2v) is 2.51. The molecule has 0 saturated heterocycles. The molecule has 0 aliphatic rings. The van der Waals surface area contributed by atoms with Crippen LogP contribution in [-0.2, 0) is 0 Å². The fourth-order valence-electron chi connectivity index (χ4n) is 0.777. The molecular weight excluding hydrogens is 154 g/mol. The van der Waals surface area contributed by atoms with Gasteiger partial charge in [0.1, 0.15) is 18.5 Å². The van der Waals surface area contributed by atoms with Crippen LogP contribution in [0.25, 0.3) is 0 Å². The lowest BCUT2D eigenvalue weighted by atomic mass is 10.3. The summed E-state index contributed by atoms with van der Waals surface area (Å²) < 4.78 is 5.23. The van der Waals surface area contributed by atoms with Gasteiger partial charge in [0.15, 0.2) is 0 Å². The molecule has 0 aromatic heterocycles. The monoisotopic (exact) mass is 167 g/mol. The molecule has 12 heavy (non-hydrogen) atoms. The summed E-state index contributed by atoms with van der Waals surface area (Å²) in [5.41, 5.74) is 5.21. The van der Waals surface area contributed by atoms with Gasteiger partial charge in [-0.1, -0.05) is 18.2 Å². The lowest BCUT2D eigenvalue weighted by molar-refractivity contribution is 0.114. The molecule has 1 rings (SSSR count). The van der Waals surface area contributed by atoms with Crippen molar-refractivity contribution in [2.24, 2.45) is 5.73 Å². The maximum atomic E-state index is 9.07. The summed E-state index contributed by atoms with van der Waals surface area (Å²) in [5, 5.41) is 9.07. The fraction of sp³-hybridized carbons (Fsp3) is 0.333. The first-order chi connectivity index (χ1) is 5.83. The molecule has 1 atom stereocenters. The quantitative estimate of drug-likeness (QED) is 0.681. The van der Waals surface area contributed by atoms with Crippen LogP contribution in [0.5, 0.6) is 5.75 Å². The van der Waals surface area contributed by atoms with Crippen molar-refractivity contribution in [3.05, 3.63) is 30.3 Å². The maximum absolute atomic E-state index is 9.07. The molecule has 0 saturated carbocycles. The Kier molecular flexibility index (Phi) is 3.57. The summed E-state index contributed by atoms with van der Waals surface area (Å²) >= 11 is 0. The standard InChI is InChI=1S/C9H13NO2/c10-6-8(11)7-12-9-4-2-1-3-5-9/h1-5,8,11H,6-7,10H2. The minimum absolute atomic E-state index is 0.229. The number of hydrogen-bond acceptors (Lipinski definition) is 3. The lowest BCUT2D eigenvalue weighted by Gasteiger charge is -2.09. The SMILES string of the molecule is NCC(O)COc1ccccc1. The number of aliphatic hydroxyl groups is 1. The molecule has 1 aromatic carbocycles. The van der Waals surface area contributed by atoms with Crippen LogP contribution in [0.2, 0.25) is 0 Å². The normalized spacial score (nSPS) is 12.5. The van der Waals surface area contributed by atoms with Crippen molar-refractivity contribution in [3.63, 3.8) is 0 Å². The van der Waals surface area contributed by atoms with Gasteiger partial charge in [-0.15, -0.1) is 0 Å². The van der Waals surface area contributed by atoms with Gasteiger partial charge in [-0.05, 0) is 12.1 Å². The molecule has 0 aliphatic carbocycles. The summed E-state index contributed by atoms with van der Waals surface area (Å²) in [6.45, 7) is 0.480. The highest BCUT2D eigenvalue weighted by molar-refractivity contribution is 5.20. The zero-order valence-electron chi connectivity index (χ0n) is 6.81. The fourth-order valence-corrected chi connectivity index (χ4v) is 0.777. The van der Waals surface area contributed by atoms with E-state index in [1.807, 2.05) is 30.3 Å². The molecule has 0 aliphatic heterocycles. The van der Waals surface area contributed by atoms with E-state index in [1.165, 1.54) is 0 Å². The third kappa shape index (κ3) is 2.90. The Balaban J connectivity index is 2.33. The third-order valence-electron chi connectivity index (χ3n) is 1.46. The first kappa shape index (κ1) is 9.03. The number of benzene rings is 1. The molecule has 0 radical (unpaired) electrons. The topological polar surface area (TPSA) is 55.5 Å². The van der Waals surface area contributed by atoms with E-state index in [2.05, 4.69) is 0 Å². The third-order valence-corrected chi connectivity index (χ3v) is 1.46. The van der Waals surface area contributed by atoms with Gasteiger partial charge in [0.05, 0.1) is 0 Å². The molecule has 3 heteroatoms. The van der Waals surface area contributed by atoms with E-state index < -0.39 is 6.10 Å². The average molecular weight is 167 g/mol. The second kappa shape index (κ2) is 4.74. The minimum atomic E-state index is -0.579. The highest BCUT2D eigenvalue weighted by Gasteiger charge is 2.00. The first-order valence-electron chi connectivity index (χ1n) is 3.89. The van der Waals surface area contributed by atoms with E-state index in [-0.39, 0.29) is 13.2 Å². The van der Waals surface area contributed by atoms with Crippen molar-refractivity contribution in [1.29, 1.82) is 0 Å². The van der Waals surface area contributed by atoms with Gasteiger partial charge >= 0.3 is 0 Å². The number of rotatable bonds is 4. The number of aliphatic hydroxyl groups excluding tert-OH is 1. The van der Waals surface area contributed by atoms with Crippen molar-refractivity contribution in [3.8, 4) is 5.75 Å². The number of ether oxygens (including phenoxy) is 1. The Morgan fingerprint density at radius 3 is 2.58 bits per heavy atom. The van der Waals surface area contributed by atoms with Crippen molar-refractivity contribution in [2.75, 3.05) is 13.2 Å². The average Bonchev–Trinajstić information content (AvgIpc) is 2.16. The van der Waals surface area contributed by atoms with Gasteiger partial charge in [-0.25, -0.2) is 0 Å². The first-order valence-corrected chi connectivity index (χ1v) is 3.89. The largest absolute Gasteiger partial charge is 0.491 e. The molecule has 3 N–H and O–H groups in total. The minimum Gasteiger partial charge on any atom is -0.491 e. The molecule has 0 fully saturated rings. The molecule has 0 heterocycles. The van der Waals surface area contributed by atoms with Crippen LogP contribution >= 0.6 is 0 Å². The Hall–Kier alpha value is -1.06. The molecule has 1 unspecified atom stereocenters. The zero-order valence-corrected chi connectivity index (χ0v) is 6.81. The molecule has 0 amide bonds. The number of para-hydroxylation sites is 1. The Morgan fingerprint density at radius 2 is 2.00 bits per heavy atom. The van der Waals surface area contributed by atoms with Crippen molar-refractivity contribution in [2.45, 2.75) is 6.10 Å². The van der Waals surface area contributed by atoms with Crippen molar-refractivity contribution < 1.29 is 9.84 Å². The van der Waals surface area contributed by atoms with Gasteiger partial charge in [0, 0.05) is 6.54 Å². The molecule has 1 aromatic rings. The summed E-state index contributed by atoms with van der Waals surface area (Å²) in [7, 11) is 0. The molecule has 66 valence electrons. The highest BCUT2D eigenvalue weighted by atomic mass is 16.5. The predicted molar refractivity (Wildman–Crippen MR) is 47.0 cm³/mol. The molecule has 3 nitrogen and oxygen atoms in total. The smallest absolute Gasteiger partial charge is 0.119 e. The van der Waals surface area contributed by atoms with Crippen LogP contribution in [-0.4, -0.2) is 24.4 Å². The predicted octanol–water partition coefficient (Wildman–Crippen LogP) is 0.385. The highest BCUT2D eigenvalue weighted by Crippen LogP contribution is 2.07. The summed E-state index contributed by atoms with van der Waals surface area (Å²) in [6.07, 6.45) is -0.579. The van der Waals surface area contributed by atoms with Gasteiger partial charge in [-0.2, -0.15) is 0 Å². The summed E-state index contributed by atoms with van der Waals surface area (Å²) in [5.74, 6) is 0.755. The zero-order chi connectivity index (χ0) is 8.81. The lowest BCUT2D eigenvalue weighted by Crippen LogP contribution is -2.26. The van der Waals surface area contributed by atoms with E-state index >= 15 is 0 Å². The van der Waals surface area contributed by atoms with E-state index in [9.17, 15) is 0 Å². The Labute approximate surface area is 71.8 Å². The maximum Gasteiger partial charge on any atom is 0.119 e. The van der Waals surface area contributed by atoms with Crippen LogP contribution < -0.4 is 10.5 Å². The van der Waals surface area contributed by atoms with Crippen molar-refractivity contribution >= 4 is 0 Å². The van der Waals surface area contributed by atoms with Gasteiger partial charge in [0.2, 0.25) is 0 Å². The van der Waals surface area contributed by atoms with Gasteiger partial charge < -0.3 is 15.6 Å². The number of nitrogens with two attached hydrogens (primary N) is 1. The van der Waals surface area contributed by atoms with E-state index in [0.717, 1.165) is 5.75 Å². The van der Waals surface area contributed by atoms with E-state index in [1.54, 1.807) is 0 Å². The van der Waals surface area contributed by atoms with Crippen LogP contribution in [0.1, 0.15) is 0 Å². The summed E-state index contributed by atoms with van der Waals surface area (Å²) in [6, 6.07) is 9.34. The van der Waals surface area contributed by atoms with Crippen LogP contribution in [0, 0.1) is 0 Å².